The molecule has 1 unspecified atom stereocenters. The van der Waals surface area contributed by atoms with Gasteiger partial charge in [-0.05, 0) is 30.3 Å². The molecule has 0 aliphatic rings. The van der Waals surface area contributed by atoms with Crippen molar-refractivity contribution in [1.29, 1.82) is 0 Å². The molecular formula is C16H10ClF4NO5. The first-order valence-electron chi connectivity index (χ1n) is 7.05. The minimum Gasteiger partial charge on any atom is -0.496 e. The maximum absolute atomic E-state index is 15.7. The Kier molecular flexibility index (Phi) is 5.32. The Morgan fingerprint density at radius 2 is 1.78 bits per heavy atom. The molecule has 2 rings (SSSR count). The molecule has 144 valence electrons. The number of halogens is 5. The van der Waals surface area contributed by atoms with Crippen LogP contribution in [0.25, 0.3) is 0 Å². The smallest absolute Gasteiger partial charge is 0.416 e. The lowest BCUT2D eigenvalue weighted by Crippen LogP contribution is -2.33. The van der Waals surface area contributed by atoms with Crippen molar-refractivity contribution in [2.75, 3.05) is 7.11 Å². The number of hydrogen-bond donors (Lipinski definition) is 1. The average Bonchev–Trinajstić information content (AvgIpc) is 2.59. The molecule has 0 fully saturated rings. The third kappa shape index (κ3) is 3.65. The second-order valence-electron chi connectivity index (χ2n) is 5.30. The Bertz CT molecular complexity index is 918. The number of rotatable bonds is 5. The molecule has 0 aliphatic carbocycles. The molecule has 6 nitrogen and oxygen atoms in total. The van der Waals surface area contributed by atoms with Crippen molar-refractivity contribution in [1.82, 2.24) is 0 Å². The van der Waals surface area contributed by atoms with Crippen molar-refractivity contribution >= 4 is 23.3 Å². The highest BCUT2D eigenvalue weighted by Crippen LogP contribution is 2.45. The summed E-state index contributed by atoms with van der Waals surface area (Å²) in [5.74, 6) is -2.50. The molecule has 27 heavy (non-hydrogen) atoms. The number of carbonyl (C=O) groups is 1. The van der Waals surface area contributed by atoms with Crippen molar-refractivity contribution in [2.45, 2.75) is 11.8 Å². The highest BCUT2D eigenvalue weighted by Gasteiger charge is 2.50. The fourth-order valence-corrected chi connectivity index (χ4v) is 2.65. The van der Waals surface area contributed by atoms with Gasteiger partial charge in [-0.25, -0.2) is 9.18 Å². The molecule has 1 N–H and O–H groups in total. The lowest BCUT2D eigenvalue weighted by atomic mass is 9.85. The van der Waals surface area contributed by atoms with E-state index in [0.29, 0.717) is 12.1 Å². The quantitative estimate of drug-likeness (QED) is 0.445. The van der Waals surface area contributed by atoms with E-state index in [1.54, 1.807) is 0 Å². The van der Waals surface area contributed by atoms with Crippen LogP contribution in [0, 0.1) is 10.1 Å². The zero-order valence-electron chi connectivity index (χ0n) is 13.4. The molecule has 11 heteroatoms. The number of ether oxygens (including phenoxy) is 1. The highest BCUT2D eigenvalue weighted by molar-refractivity contribution is 6.30. The lowest BCUT2D eigenvalue weighted by molar-refractivity contribution is -0.386. The molecule has 2 aromatic carbocycles. The lowest BCUT2D eigenvalue weighted by Gasteiger charge is -2.24. The summed E-state index contributed by atoms with van der Waals surface area (Å²) in [5, 5.41) is 20.6. The van der Waals surface area contributed by atoms with E-state index >= 15 is 4.39 Å². The second kappa shape index (κ2) is 7.03. The molecule has 0 saturated heterocycles. The molecule has 0 spiro atoms. The number of carboxylic acids is 1. The Morgan fingerprint density at radius 3 is 2.26 bits per heavy atom. The van der Waals surface area contributed by atoms with Gasteiger partial charge in [-0.1, -0.05) is 11.6 Å². The molecule has 0 amide bonds. The van der Waals surface area contributed by atoms with Crippen LogP contribution in [0.15, 0.2) is 36.4 Å². The summed E-state index contributed by atoms with van der Waals surface area (Å²) in [6.45, 7) is 0. The summed E-state index contributed by atoms with van der Waals surface area (Å²) < 4.78 is 59.1. The molecule has 0 saturated carbocycles. The fraction of sp³-hybridized carbons (Fsp3) is 0.188. The first-order valence-corrected chi connectivity index (χ1v) is 7.43. The van der Waals surface area contributed by atoms with E-state index in [4.69, 9.17) is 16.3 Å². The van der Waals surface area contributed by atoms with Crippen LogP contribution < -0.4 is 4.74 Å². The number of nitrogens with zero attached hydrogens (tertiary/aromatic N) is 1. The van der Waals surface area contributed by atoms with Crippen LogP contribution in [0.5, 0.6) is 5.75 Å². The SMILES string of the molecule is COc1ccc(Cl)cc1C(F)(C(=O)O)c1ccc(C(F)(F)F)cc1[N+](=O)[O-]. The summed E-state index contributed by atoms with van der Waals surface area (Å²) in [4.78, 5) is 21.7. The van der Waals surface area contributed by atoms with E-state index < -0.39 is 45.1 Å². The summed E-state index contributed by atoms with van der Waals surface area (Å²) >= 11 is 5.76. The number of alkyl halides is 4. The number of methoxy groups -OCH3 is 1. The van der Waals surface area contributed by atoms with Gasteiger partial charge in [0.05, 0.1) is 23.2 Å². The van der Waals surface area contributed by atoms with Crippen molar-refractivity contribution in [3.63, 3.8) is 0 Å². The molecule has 0 bridgehead atoms. The van der Waals surface area contributed by atoms with Crippen LogP contribution in [0.2, 0.25) is 5.02 Å². The Labute approximate surface area is 154 Å². The van der Waals surface area contributed by atoms with Gasteiger partial charge >= 0.3 is 12.1 Å². The fourth-order valence-electron chi connectivity index (χ4n) is 2.48. The summed E-state index contributed by atoms with van der Waals surface area (Å²) in [5.41, 5.74) is -8.18. The van der Waals surface area contributed by atoms with E-state index in [2.05, 4.69) is 0 Å². The summed E-state index contributed by atoms with van der Waals surface area (Å²) in [6, 6.07) is 4.10. The molecular weight excluding hydrogens is 398 g/mol. The summed E-state index contributed by atoms with van der Waals surface area (Å²) in [6.07, 6.45) is -4.95. The Morgan fingerprint density at radius 1 is 1.15 bits per heavy atom. The Balaban J connectivity index is 2.87. The van der Waals surface area contributed by atoms with Crippen molar-refractivity contribution in [2.24, 2.45) is 0 Å². The van der Waals surface area contributed by atoms with E-state index in [0.717, 1.165) is 19.2 Å². The van der Waals surface area contributed by atoms with Gasteiger partial charge in [-0.2, -0.15) is 13.2 Å². The zero-order chi connectivity index (χ0) is 20.6. The van der Waals surface area contributed by atoms with Gasteiger partial charge < -0.3 is 9.84 Å². The highest BCUT2D eigenvalue weighted by atomic mass is 35.5. The van der Waals surface area contributed by atoms with Gasteiger partial charge in [0.25, 0.3) is 11.4 Å². The minimum atomic E-state index is -4.95. The van der Waals surface area contributed by atoms with Crippen LogP contribution >= 0.6 is 11.6 Å². The van der Waals surface area contributed by atoms with Crippen molar-refractivity contribution in [3.8, 4) is 5.75 Å². The van der Waals surface area contributed by atoms with Crippen LogP contribution in [-0.4, -0.2) is 23.1 Å². The van der Waals surface area contributed by atoms with E-state index in [-0.39, 0.29) is 16.8 Å². The maximum atomic E-state index is 15.7. The van der Waals surface area contributed by atoms with Crippen molar-refractivity contribution in [3.05, 3.63) is 68.2 Å². The number of aliphatic carboxylic acids is 1. The molecule has 2 aromatic rings. The molecule has 0 aromatic heterocycles. The average molecular weight is 408 g/mol. The molecule has 1 atom stereocenters. The van der Waals surface area contributed by atoms with Crippen LogP contribution in [-0.2, 0) is 16.6 Å². The van der Waals surface area contributed by atoms with Gasteiger partial charge in [-0.15, -0.1) is 0 Å². The van der Waals surface area contributed by atoms with Crippen LogP contribution in [0.3, 0.4) is 0 Å². The number of nitro benzene ring substituents is 1. The first-order chi connectivity index (χ1) is 12.4. The minimum absolute atomic E-state index is 0.0730. The third-order valence-corrected chi connectivity index (χ3v) is 3.96. The van der Waals surface area contributed by atoms with Gasteiger partial charge in [0, 0.05) is 16.7 Å². The third-order valence-electron chi connectivity index (χ3n) is 3.72. The van der Waals surface area contributed by atoms with Gasteiger partial charge in [-0.3, -0.25) is 10.1 Å². The zero-order valence-corrected chi connectivity index (χ0v) is 14.1. The first kappa shape index (κ1) is 20.4. The molecule has 0 radical (unpaired) electrons. The van der Waals surface area contributed by atoms with Crippen LogP contribution in [0.4, 0.5) is 23.2 Å². The predicted molar refractivity (Wildman–Crippen MR) is 85.6 cm³/mol. The van der Waals surface area contributed by atoms with Crippen LogP contribution in [0.1, 0.15) is 16.7 Å². The monoisotopic (exact) mass is 407 g/mol. The molecule has 0 aliphatic heterocycles. The van der Waals surface area contributed by atoms with Gasteiger partial charge in [0.1, 0.15) is 5.75 Å². The number of hydrogen-bond acceptors (Lipinski definition) is 4. The largest absolute Gasteiger partial charge is 0.496 e. The number of carboxylic acid groups (broad SMARTS) is 1. The molecule has 0 heterocycles. The number of benzene rings is 2. The normalized spacial score (nSPS) is 13.7. The van der Waals surface area contributed by atoms with E-state index in [1.165, 1.54) is 6.07 Å². The maximum Gasteiger partial charge on any atom is 0.416 e. The topological polar surface area (TPSA) is 89.7 Å². The number of nitro groups is 1. The van der Waals surface area contributed by atoms with Gasteiger partial charge in [0.15, 0.2) is 0 Å². The summed E-state index contributed by atoms with van der Waals surface area (Å²) in [7, 11) is 1.09. The predicted octanol–water partition coefficient (Wildman–Crippen LogP) is 4.57. The standard InChI is InChI=1S/C16H10ClF4NO5/c1-27-13-5-3-9(17)7-11(13)15(18,14(23)24)10-4-2-8(16(19,20)21)6-12(10)22(25)26/h2-7H,1H3,(H,23,24). The van der Waals surface area contributed by atoms with E-state index in [1.807, 2.05) is 0 Å². The second-order valence-corrected chi connectivity index (χ2v) is 5.73. The van der Waals surface area contributed by atoms with E-state index in [9.17, 15) is 33.2 Å². The Hall–Kier alpha value is -2.88. The van der Waals surface area contributed by atoms with Crippen molar-refractivity contribution < 1.29 is 37.1 Å². The van der Waals surface area contributed by atoms with Gasteiger partial charge in [0.2, 0.25) is 0 Å².